The summed E-state index contributed by atoms with van der Waals surface area (Å²) in [4.78, 5) is 7.07. The largest absolute Gasteiger partial charge is 0.384 e. The Labute approximate surface area is 159 Å². The number of aliphatic imine (C=N–C) groups is 1. The Morgan fingerprint density at radius 3 is 2.27 bits per heavy atom. The summed E-state index contributed by atoms with van der Waals surface area (Å²) < 4.78 is 0. The van der Waals surface area contributed by atoms with Crippen molar-refractivity contribution in [1.29, 1.82) is 0 Å². The van der Waals surface area contributed by atoms with Crippen LogP contribution in [0.3, 0.4) is 0 Å². The fraction of sp³-hybridized carbons (Fsp3) is 0.667. The quantitative estimate of drug-likeness (QED) is 0.340. The van der Waals surface area contributed by atoms with Crippen molar-refractivity contribution in [3.05, 3.63) is 35.9 Å². The molecule has 0 aromatic heterocycles. The second-order valence-electron chi connectivity index (χ2n) is 7.54. The van der Waals surface area contributed by atoms with Crippen molar-refractivity contribution < 1.29 is 5.11 Å². The summed E-state index contributed by atoms with van der Waals surface area (Å²) in [6.45, 7) is 15.8. The van der Waals surface area contributed by atoms with E-state index in [-0.39, 0.29) is 0 Å². The monoisotopic (exact) mass is 362 g/mol. The second-order valence-corrected chi connectivity index (χ2v) is 7.54. The van der Waals surface area contributed by atoms with Gasteiger partial charge in [0.1, 0.15) is 5.60 Å². The molecule has 0 aliphatic carbocycles. The van der Waals surface area contributed by atoms with E-state index < -0.39 is 5.60 Å². The van der Waals surface area contributed by atoms with Gasteiger partial charge in [0.15, 0.2) is 5.96 Å². The van der Waals surface area contributed by atoms with E-state index in [1.165, 1.54) is 0 Å². The first kappa shape index (κ1) is 22.5. The van der Waals surface area contributed by atoms with E-state index in [1.807, 2.05) is 37.3 Å². The molecule has 1 unspecified atom stereocenters. The van der Waals surface area contributed by atoms with E-state index in [1.54, 1.807) is 6.92 Å². The van der Waals surface area contributed by atoms with Gasteiger partial charge in [-0.2, -0.15) is 0 Å². The minimum Gasteiger partial charge on any atom is -0.384 e. The molecule has 0 aliphatic rings. The zero-order valence-electron chi connectivity index (χ0n) is 17.4. The molecular weight excluding hydrogens is 324 g/mol. The molecule has 0 aliphatic heterocycles. The smallest absolute Gasteiger partial charge is 0.191 e. The number of hydrogen-bond donors (Lipinski definition) is 3. The fourth-order valence-corrected chi connectivity index (χ4v) is 3.04. The lowest BCUT2D eigenvalue weighted by Crippen LogP contribution is -2.42. The van der Waals surface area contributed by atoms with Gasteiger partial charge in [0.05, 0.1) is 6.54 Å². The summed E-state index contributed by atoms with van der Waals surface area (Å²) in [5.74, 6) is 0.754. The lowest BCUT2D eigenvalue weighted by molar-refractivity contribution is 0.0672. The van der Waals surface area contributed by atoms with Gasteiger partial charge in [-0.15, -0.1) is 0 Å². The molecule has 1 aromatic carbocycles. The lowest BCUT2D eigenvalue weighted by Gasteiger charge is -2.30. The number of nitrogens with one attached hydrogen (secondary N) is 2. The molecule has 0 heterocycles. The average molecular weight is 363 g/mol. The number of rotatable bonds is 10. The molecule has 0 bridgehead atoms. The van der Waals surface area contributed by atoms with Gasteiger partial charge in [0, 0.05) is 31.7 Å². The number of aliphatic hydroxyl groups is 1. The first-order chi connectivity index (χ1) is 12.3. The van der Waals surface area contributed by atoms with E-state index in [9.17, 15) is 5.11 Å². The first-order valence-electron chi connectivity index (χ1n) is 9.83. The molecule has 0 saturated heterocycles. The van der Waals surface area contributed by atoms with Crippen LogP contribution in [-0.2, 0) is 5.60 Å². The Balaban J connectivity index is 2.56. The third-order valence-electron chi connectivity index (χ3n) is 4.50. The molecule has 5 nitrogen and oxygen atoms in total. The third kappa shape index (κ3) is 7.75. The number of benzene rings is 1. The fourth-order valence-electron chi connectivity index (χ4n) is 3.04. The molecule has 0 amide bonds. The van der Waals surface area contributed by atoms with Crippen LogP contribution in [0, 0.1) is 0 Å². The highest BCUT2D eigenvalue weighted by Crippen LogP contribution is 2.20. The zero-order chi connectivity index (χ0) is 19.6. The second kappa shape index (κ2) is 11.2. The van der Waals surface area contributed by atoms with Crippen LogP contribution in [0.15, 0.2) is 35.3 Å². The lowest BCUT2D eigenvalue weighted by atomic mass is 9.96. The molecular formula is C21H38N4O. The Morgan fingerprint density at radius 2 is 1.73 bits per heavy atom. The Hall–Kier alpha value is -1.59. The number of hydrogen-bond acceptors (Lipinski definition) is 3. The predicted octanol–water partition coefficient (Wildman–Crippen LogP) is 2.96. The predicted molar refractivity (Wildman–Crippen MR) is 112 cm³/mol. The van der Waals surface area contributed by atoms with E-state index in [2.05, 4.69) is 48.2 Å². The summed E-state index contributed by atoms with van der Waals surface area (Å²) >= 11 is 0. The molecule has 3 N–H and O–H groups in total. The van der Waals surface area contributed by atoms with Gasteiger partial charge in [-0.3, -0.25) is 4.90 Å². The number of nitrogens with zero attached hydrogens (tertiary/aromatic N) is 2. The van der Waals surface area contributed by atoms with Crippen LogP contribution < -0.4 is 10.6 Å². The topological polar surface area (TPSA) is 59.9 Å². The molecule has 148 valence electrons. The van der Waals surface area contributed by atoms with Crippen LogP contribution in [0.5, 0.6) is 0 Å². The van der Waals surface area contributed by atoms with Crippen LogP contribution >= 0.6 is 0 Å². The summed E-state index contributed by atoms with van der Waals surface area (Å²) in [6, 6.07) is 10.8. The molecule has 5 heteroatoms. The maximum atomic E-state index is 10.7. The summed E-state index contributed by atoms with van der Waals surface area (Å²) in [5.41, 5.74) is -0.0977. The van der Waals surface area contributed by atoms with Crippen molar-refractivity contribution in [3.63, 3.8) is 0 Å². The summed E-state index contributed by atoms with van der Waals surface area (Å²) in [7, 11) is 0. The van der Waals surface area contributed by atoms with Crippen LogP contribution in [0.4, 0.5) is 0 Å². The molecule has 1 atom stereocenters. The van der Waals surface area contributed by atoms with Crippen LogP contribution in [0.2, 0.25) is 0 Å². The standard InChI is InChI=1S/C21H38N4O/c1-7-22-20(23-14-11-15-25(17(2)3)18(4)5)24-16-21(6,26)19-12-9-8-10-13-19/h8-10,12-13,17-18,26H,7,11,14-16H2,1-6H3,(H2,22,23,24). The molecule has 0 fully saturated rings. The van der Waals surface area contributed by atoms with Crippen molar-refractivity contribution in [3.8, 4) is 0 Å². The number of guanidine groups is 1. The van der Waals surface area contributed by atoms with Crippen LogP contribution in [0.1, 0.15) is 53.5 Å². The van der Waals surface area contributed by atoms with Crippen molar-refractivity contribution in [2.75, 3.05) is 26.2 Å². The maximum Gasteiger partial charge on any atom is 0.191 e. The highest BCUT2D eigenvalue weighted by molar-refractivity contribution is 5.79. The highest BCUT2D eigenvalue weighted by Gasteiger charge is 2.22. The highest BCUT2D eigenvalue weighted by atomic mass is 16.3. The maximum absolute atomic E-state index is 10.7. The Kier molecular flexibility index (Phi) is 9.66. The van der Waals surface area contributed by atoms with Crippen molar-refractivity contribution >= 4 is 5.96 Å². The summed E-state index contributed by atoms with van der Waals surface area (Å²) in [6.07, 6.45) is 1.05. The Bertz CT molecular complexity index is 518. The minimum atomic E-state index is -0.976. The first-order valence-corrected chi connectivity index (χ1v) is 9.83. The third-order valence-corrected chi connectivity index (χ3v) is 4.50. The Morgan fingerprint density at radius 1 is 1.12 bits per heavy atom. The van der Waals surface area contributed by atoms with Crippen molar-refractivity contribution in [2.24, 2.45) is 4.99 Å². The van der Waals surface area contributed by atoms with Gasteiger partial charge < -0.3 is 15.7 Å². The molecule has 0 radical (unpaired) electrons. The summed E-state index contributed by atoms with van der Waals surface area (Å²) in [5, 5.41) is 17.3. The van der Waals surface area contributed by atoms with Crippen molar-refractivity contribution in [1.82, 2.24) is 15.5 Å². The van der Waals surface area contributed by atoms with E-state index in [0.29, 0.717) is 18.6 Å². The average Bonchev–Trinajstić information content (AvgIpc) is 2.59. The molecule has 1 rings (SSSR count). The van der Waals surface area contributed by atoms with E-state index in [0.717, 1.165) is 37.6 Å². The SMILES string of the molecule is CCNC(=NCC(C)(O)c1ccccc1)NCCCN(C(C)C)C(C)C. The van der Waals surface area contributed by atoms with Gasteiger partial charge in [-0.25, -0.2) is 4.99 Å². The minimum absolute atomic E-state index is 0.316. The van der Waals surface area contributed by atoms with Gasteiger partial charge in [-0.1, -0.05) is 30.3 Å². The van der Waals surface area contributed by atoms with Crippen molar-refractivity contribution in [2.45, 2.75) is 65.6 Å². The molecule has 26 heavy (non-hydrogen) atoms. The molecule has 1 aromatic rings. The van der Waals surface area contributed by atoms with Crippen LogP contribution in [0.25, 0.3) is 0 Å². The molecule has 0 saturated carbocycles. The van der Waals surface area contributed by atoms with E-state index in [4.69, 9.17) is 0 Å². The zero-order valence-corrected chi connectivity index (χ0v) is 17.4. The van der Waals surface area contributed by atoms with Gasteiger partial charge in [0.25, 0.3) is 0 Å². The van der Waals surface area contributed by atoms with Crippen LogP contribution in [-0.4, -0.2) is 54.2 Å². The van der Waals surface area contributed by atoms with Gasteiger partial charge in [-0.05, 0) is 53.5 Å². The normalized spacial score (nSPS) is 14.8. The van der Waals surface area contributed by atoms with E-state index >= 15 is 0 Å². The van der Waals surface area contributed by atoms with Gasteiger partial charge in [0.2, 0.25) is 0 Å². The molecule has 0 spiro atoms. The van der Waals surface area contributed by atoms with Gasteiger partial charge >= 0.3 is 0 Å².